The van der Waals surface area contributed by atoms with Crippen molar-refractivity contribution in [3.05, 3.63) is 36.5 Å². The maximum Gasteiger partial charge on any atom is 0.365 e. The Bertz CT molecular complexity index is 570. The Morgan fingerprint density at radius 2 is 1.85 bits per heavy atom. The molecule has 2 rings (SSSR count). The molecule has 0 saturated heterocycles. The molecule has 6 heteroatoms. The van der Waals surface area contributed by atoms with Gasteiger partial charge in [-0.25, -0.2) is 9.79 Å². The molecular formula is C14H17N5O. The number of hydrogen-bond donors (Lipinski definition) is 1. The molecule has 1 aliphatic heterocycles. The first kappa shape index (κ1) is 13.9. The summed E-state index contributed by atoms with van der Waals surface area (Å²) in [5.41, 5.74) is 2.22. The molecule has 0 fully saturated rings. The van der Waals surface area contributed by atoms with Crippen LogP contribution in [-0.2, 0) is 0 Å². The number of carbonyl (C=O) groups excluding carboxylic acids is 1. The molecule has 0 bridgehead atoms. The minimum Gasteiger partial charge on any atom is -0.372 e. The Kier molecular flexibility index (Phi) is 4.24. The summed E-state index contributed by atoms with van der Waals surface area (Å²) in [7, 11) is 0. The third kappa shape index (κ3) is 3.09. The summed E-state index contributed by atoms with van der Waals surface area (Å²) in [5, 5.41) is 9.51. The van der Waals surface area contributed by atoms with Gasteiger partial charge in [0.1, 0.15) is 5.70 Å². The Hall–Kier alpha value is -2.50. The molecule has 20 heavy (non-hydrogen) atoms. The fourth-order valence-corrected chi connectivity index (χ4v) is 1.90. The van der Waals surface area contributed by atoms with E-state index in [-0.39, 0.29) is 0 Å². The fraction of sp³-hybridized carbons (Fsp3) is 0.286. The lowest BCUT2D eigenvalue weighted by molar-refractivity contribution is 0.251. The number of amidine groups is 1. The van der Waals surface area contributed by atoms with Crippen molar-refractivity contribution in [1.82, 2.24) is 5.32 Å². The van der Waals surface area contributed by atoms with Gasteiger partial charge in [0.15, 0.2) is 5.84 Å². The van der Waals surface area contributed by atoms with Crippen LogP contribution in [0.4, 0.5) is 16.2 Å². The molecule has 0 radical (unpaired) electrons. The molecule has 0 unspecified atom stereocenters. The molecule has 104 valence electrons. The van der Waals surface area contributed by atoms with Gasteiger partial charge in [-0.2, -0.15) is 0 Å². The minimum absolute atomic E-state index is 0.334. The Balaban J connectivity index is 2.20. The first-order valence-corrected chi connectivity index (χ1v) is 6.49. The van der Waals surface area contributed by atoms with Crippen LogP contribution in [-0.4, -0.2) is 25.0 Å². The van der Waals surface area contributed by atoms with Gasteiger partial charge < -0.3 is 4.90 Å². The van der Waals surface area contributed by atoms with Crippen molar-refractivity contribution in [2.45, 2.75) is 13.8 Å². The van der Waals surface area contributed by atoms with Gasteiger partial charge in [0.2, 0.25) is 0 Å². The van der Waals surface area contributed by atoms with E-state index < -0.39 is 6.03 Å². The summed E-state index contributed by atoms with van der Waals surface area (Å²) in [6.07, 6.45) is 0. The molecule has 1 aliphatic rings. The van der Waals surface area contributed by atoms with E-state index in [1.807, 2.05) is 24.3 Å². The second-order valence-electron chi connectivity index (χ2n) is 4.23. The summed E-state index contributed by atoms with van der Waals surface area (Å²) in [6.45, 7) is 9.83. The van der Waals surface area contributed by atoms with Gasteiger partial charge in [0.25, 0.3) is 0 Å². The van der Waals surface area contributed by atoms with Gasteiger partial charge in [-0.15, -0.1) is 5.11 Å². The number of urea groups is 1. The monoisotopic (exact) mass is 271 g/mol. The highest BCUT2D eigenvalue weighted by atomic mass is 16.2. The SMILES string of the molecule is C=C1N=NC(=O)NC1=Nc1ccc(N(CC)CC)cc1. The topological polar surface area (TPSA) is 69.4 Å². The number of anilines is 1. The summed E-state index contributed by atoms with van der Waals surface area (Å²) in [6, 6.07) is 7.26. The number of aliphatic imine (C=N–C) groups is 1. The Morgan fingerprint density at radius 1 is 1.20 bits per heavy atom. The van der Waals surface area contributed by atoms with Crippen LogP contribution < -0.4 is 10.2 Å². The quantitative estimate of drug-likeness (QED) is 0.913. The highest BCUT2D eigenvalue weighted by molar-refractivity contribution is 6.09. The zero-order valence-electron chi connectivity index (χ0n) is 11.6. The average molecular weight is 271 g/mol. The van der Waals surface area contributed by atoms with Crippen LogP contribution in [0.1, 0.15) is 13.8 Å². The van der Waals surface area contributed by atoms with Gasteiger partial charge >= 0.3 is 6.03 Å². The van der Waals surface area contributed by atoms with Gasteiger partial charge in [-0.1, -0.05) is 11.7 Å². The van der Waals surface area contributed by atoms with Crippen molar-refractivity contribution in [3.63, 3.8) is 0 Å². The first-order valence-electron chi connectivity index (χ1n) is 6.49. The van der Waals surface area contributed by atoms with E-state index in [9.17, 15) is 4.79 Å². The lowest BCUT2D eigenvalue weighted by atomic mass is 10.2. The highest BCUT2D eigenvalue weighted by Gasteiger charge is 2.14. The van der Waals surface area contributed by atoms with E-state index >= 15 is 0 Å². The largest absolute Gasteiger partial charge is 0.372 e. The normalized spacial score (nSPS) is 16.4. The molecule has 0 saturated carbocycles. The lowest BCUT2D eigenvalue weighted by Crippen LogP contribution is -2.31. The van der Waals surface area contributed by atoms with Gasteiger partial charge in [0.05, 0.1) is 5.69 Å². The fourth-order valence-electron chi connectivity index (χ4n) is 1.90. The standard InChI is InChI=1S/C14H17N5O/c1-4-19(5-2)12-8-6-11(7-9-12)15-13-10(3)17-18-14(20)16-13/h6-9H,3-5H2,1-2H3,(H,15,16,20). The van der Waals surface area contributed by atoms with Crippen LogP contribution in [0, 0.1) is 0 Å². The Labute approximate surface area is 117 Å². The van der Waals surface area contributed by atoms with Gasteiger partial charge in [-0.05, 0) is 38.1 Å². The predicted molar refractivity (Wildman–Crippen MR) is 79.6 cm³/mol. The van der Waals surface area contributed by atoms with Gasteiger partial charge in [0, 0.05) is 18.8 Å². The molecule has 0 spiro atoms. The number of azo groups is 1. The molecule has 0 atom stereocenters. The van der Waals surface area contributed by atoms with Gasteiger partial charge in [-0.3, -0.25) is 5.32 Å². The van der Waals surface area contributed by atoms with Crippen molar-refractivity contribution in [2.24, 2.45) is 15.2 Å². The molecule has 1 aromatic carbocycles. The molecule has 1 aromatic rings. The number of amides is 2. The molecule has 0 aliphatic carbocycles. The molecule has 1 N–H and O–H groups in total. The van der Waals surface area contributed by atoms with E-state index in [2.05, 4.69) is 45.9 Å². The number of nitrogens with zero attached hydrogens (tertiary/aromatic N) is 4. The highest BCUT2D eigenvalue weighted by Crippen LogP contribution is 2.20. The molecule has 1 heterocycles. The van der Waals surface area contributed by atoms with E-state index in [4.69, 9.17) is 0 Å². The van der Waals surface area contributed by atoms with Crippen molar-refractivity contribution in [3.8, 4) is 0 Å². The third-order valence-corrected chi connectivity index (χ3v) is 2.98. The summed E-state index contributed by atoms with van der Waals surface area (Å²) in [5.74, 6) is 0.334. The predicted octanol–water partition coefficient (Wildman–Crippen LogP) is 3.25. The number of carbonyl (C=O) groups is 1. The van der Waals surface area contributed by atoms with E-state index in [1.54, 1.807) is 0 Å². The van der Waals surface area contributed by atoms with Crippen LogP contribution >= 0.6 is 0 Å². The molecular weight excluding hydrogens is 254 g/mol. The van der Waals surface area contributed by atoms with Crippen molar-refractivity contribution in [2.75, 3.05) is 18.0 Å². The Morgan fingerprint density at radius 3 is 2.45 bits per heavy atom. The minimum atomic E-state index is -0.532. The number of nitrogens with one attached hydrogen (secondary N) is 1. The van der Waals surface area contributed by atoms with E-state index in [1.165, 1.54) is 0 Å². The zero-order chi connectivity index (χ0) is 14.5. The van der Waals surface area contributed by atoms with E-state index in [0.29, 0.717) is 11.5 Å². The summed E-state index contributed by atoms with van der Waals surface area (Å²) >= 11 is 0. The number of rotatable bonds is 4. The second-order valence-corrected chi connectivity index (χ2v) is 4.23. The smallest absolute Gasteiger partial charge is 0.365 e. The van der Waals surface area contributed by atoms with Crippen LogP contribution in [0.3, 0.4) is 0 Å². The van der Waals surface area contributed by atoms with Crippen LogP contribution in [0.5, 0.6) is 0 Å². The van der Waals surface area contributed by atoms with Crippen LogP contribution in [0.2, 0.25) is 0 Å². The van der Waals surface area contributed by atoms with Crippen molar-refractivity contribution < 1.29 is 4.79 Å². The van der Waals surface area contributed by atoms with Crippen molar-refractivity contribution >= 4 is 23.2 Å². The number of hydrogen-bond acceptors (Lipinski definition) is 4. The van der Waals surface area contributed by atoms with Crippen LogP contribution in [0.15, 0.2) is 51.8 Å². The first-order chi connectivity index (χ1) is 9.63. The van der Waals surface area contributed by atoms with Crippen LogP contribution in [0.25, 0.3) is 0 Å². The zero-order valence-corrected chi connectivity index (χ0v) is 11.6. The summed E-state index contributed by atoms with van der Waals surface area (Å²) in [4.78, 5) is 17.7. The maximum absolute atomic E-state index is 11.1. The molecule has 2 amide bonds. The molecule has 6 nitrogen and oxygen atoms in total. The average Bonchev–Trinajstić information content (AvgIpc) is 2.46. The second kappa shape index (κ2) is 6.10. The van der Waals surface area contributed by atoms with E-state index in [0.717, 1.165) is 24.5 Å². The number of benzene rings is 1. The maximum atomic E-state index is 11.1. The lowest BCUT2D eigenvalue weighted by Gasteiger charge is -2.20. The summed E-state index contributed by atoms with van der Waals surface area (Å²) < 4.78 is 0. The third-order valence-electron chi connectivity index (χ3n) is 2.98. The van der Waals surface area contributed by atoms with Crippen molar-refractivity contribution in [1.29, 1.82) is 0 Å². The molecule has 0 aromatic heterocycles.